The van der Waals surface area contributed by atoms with Crippen LogP contribution in [-0.4, -0.2) is 14.4 Å². The van der Waals surface area contributed by atoms with Gasteiger partial charge in [0.05, 0.1) is 5.52 Å². The van der Waals surface area contributed by atoms with E-state index >= 15 is 0 Å². The van der Waals surface area contributed by atoms with E-state index in [-0.39, 0.29) is 0 Å². The van der Waals surface area contributed by atoms with Crippen molar-refractivity contribution < 1.29 is 0 Å². The van der Waals surface area contributed by atoms with Crippen molar-refractivity contribution in [2.75, 3.05) is 5.32 Å². The van der Waals surface area contributed by atoms with Crippen molar-refractivity contribution in [3.05, 3.63) is 66.1 Å². The number of aromatic nitrogens is 3. The average molecular weight is 330 g/mol. The van der Waals surface area contributed by atoms with E-state index < -0.39 is 0 Å². The molecule has 5 rings (SSSR count). The summed E-state index contributed by atoms with van der Waals surface area (Å²) in [6.45, 7) is 2.14. The summed E-state index contributed by atoms with van der Waals surface area (Å²) in [5.41, 5.74) is 4.01. The Balaban J connectivity index is 1.65. The van der Waals surface area contributed by atoms with Gasteiger partial charge < -0.3 is 9.72 Å². The lowest BCUT2D eigenvalue weighted by molar-refractivity contribution is 1.19. The summed E-state index contributed by atoms with van der Waals surface area (Å²) in [4.78, 5) is 10.2. The zero-order chi connectivity index (χ0) is 16.1. The van der Waals surface area contributed by atoms with Gasteiger partial charge in [0.1, 0.15) is 5.65 Å². The molecule has 0 unspecified atom stereocenters. The Bertz CT molecular complexity index is 1200. The number of nitrogens with zero attached hydrogens (tertiary/aromatic N) is 3. The number of aryl methyl sites for hydroxylation is 1. The number of hydrogen-bond acceptors (Lipinski definition) is 4. The Morgan fingerprint density at radius 3 is 2.92 bits per heavy atom. The lowest BCUT2D eigenvalue weighted by Gasteiger charge is -2.10. The van der Waals surface area contributed by atoms with Gasteiger partial charge in [0.15, 0.2) is 0 Å². The Kier molecular flexibility index (Phi) is 2.84. The highest BCUT2D eigenvalue weighted by atomic mass is 32.1. The molecular weight excluding hydrogens is 316 g/mol. The number of nitrogens with one attached hydrogen (secondary N) is 1. The Morgan fingerprint density at radius 1 is 1.00 bits per heavy atom. The molecule has 0 amide bonds. The van der Waals surface area contributed by atoms with Crippen molar-refractivity contribution in [3.63, 3.8) is 0 Å². The molecule has 0 fully saturated rings. The van der Waals surface area contributed by atoms with Gasteiger partial charge in [-0.2, -0.15) is 0 Å². The minimum Gasteiger partial charge on any atom is -0.355 e. The first-order valence-electron chi connectivity index (χ1n) is 7.75. The molecule has 0 atom stereocenters. The van der Waals surface area contributed by atoms with Gasteiger partial charge in [-0.25, -0.2) is 4.98 Å². The van der Waals surface area contributed by atoms with Gasteiger partial charge in [-0.15, -0.1) is 11.3 Å². The summed E-state index contributed by atoms with van der Waals surface area (Å²) >= 11 is 1.82. The third-order valence-electron chi connectivity index (χ3n) is 4.18. The van der Waals surface area contributed by atoms with Crippen LogP contribution in [0.25, 0.3) is 26.6 Å². The third-order valence-corrected chi connectivity index (χ3v) is 5.19. The standard InChI is InChI=1S/C19H14N4S/c1-12-8-13-9-17-15(11-18(13)24-12)16(2-4-20-17)22-14-3-6-23-7-5-21-19(23)10-14/h2-11H,1H3,(H,20,22). The lowest BCUT2D eigenvalue weighted by Crippen LogP contribution is -1.94. The Hall–Kier alpha value is -2.92. The number of thiophene rings is 1. The second-order valence-corrected chi connectivity index (χ2v) is 7.14. The van der Waals surface area contributed by atoms with Crippen molar-refractivity contribution in [3.8, 4) is 0 Å². The van der Waals surface area contributed by atoms with Crippen LogP contribution in [0.3, 0.4) is 0 Å². The smallest absolute Gasteiger partial charge is 0.138 e. The number of pyridine rings is 2. The molecule has 5 aromatic rings. The van der Waals surface area contributed by atoms with Crippen LogP contribution < -0.4 is 5.32 Å². The molecule has 4 aromatic heterocycles. The molecule has 0 saturated carbocycles. The fourth-order valence-electron chi connectivity index (χ4n) is 3.06. The van der Waals surface area contributed by atoms with E-state index in [2.05, 4.69) is 46.5 Å². The highest BCUT2D eigenvalue weighted by Gasteiger charge is 2.07. The molecule has 24 heavy (non-hydrogen) atoms. The quantitative estimate of drug-likeness (QED) is 0.487. The third kappa shape index (κ3) is 2.13. The summed E-state index contributed by atoms with van der Waals surface area (Å²) in [7, 11) is 0. The molecule has 1 aromatic carbocycles. The van der Waals surface area contributed by atoms with Crippen LogP contribution in [0.15, 0.2) is 61.2 Å². The van der Waals surface area contributed by atoms with E-state index in [9.17, 15) is 0 Å². The monoisotopic (exact) mass is 330 g/mol. The molecule has 0 aliphatic heterocycles. The topological polar surface area (TPSA) is 42.2 Å². The van der Waals surface area contributed by atoms with Gasteiger partial charge in [-0.05, 0) is 42.6 Å². The molecule has 4 heterocycles. The average Bonchev–Trinajstić information content (AvgIpc) is 3.17. The first kappa shape index (κ1) is 13.5. The maximum atomic E-state index is 4.53. The first-order chi connectivity index (χ1) is 11.8. The first-order valence-corrected chi connectivity index (χ1v) is 8.57. The van der Waals surface area contributed by atoms with Crippen LogP contribution in [0.1, 0.15) is 4.88 Å². The van der Waals surface area contributed by atoms with Crippen molar-refractivity contribution >= 4 is 49.3 Å². The molecule has 0 bridgehead atoms. The summed E-state index contributed by atoms with van der Waals surface area (Å²) in [6.07, 6.45) is 7.60. The molecule has 0 saturated heterocycles. The minimum atomic E-state index is 0.926. The van der Waals surface area contributed by atoms with Crippen LogP contribution in [0, 0.1) is 6.92 Å². The zero-order valence-corrected chi connectivity index (χ0v) is 13.8. The molecule has 0 aliphatic rings. The van der Waals surface area contributed by atoms with Crippen molar-refractivity contribution in [2.45, 2.75) is 6.92 Å². The predicted molar refractivity (Wildman–Crippen MR) is 100 cm³/mol. The number of rotatable bonds is 2. The van der Waals surface area contributed by atoms with E-state index in [4.69, 9.17) is 0 Å². The Labute approximate surface area is 142 Å². The lowest BCUT2D eigenvalue weighted by atomic mass is 10.1. The number of imidazole rings is 1. The molecule has 4 nitrogen and oxygen atoms in total. The Morgan fingerprint density at radius 2 is 1.96 bits per heavy atom. The molecule has 0 aliphatic carbocycles. The van der Waals surface area contributed by atoms with E-state index in [1.165, 1.54) is 15.0 Å². The number of anilines is 2. The highest BCUT2D eigenvalue weighted by Crippen LogP contribution is 2.33. The van der Waals surface area contributed by atoms with Gasteiger partial charge >= 0.3 is 0 Å². The summed E-state index contributed by atoms with van der Waals surface area (Å²) in [6, 6.07) is 12.7. The van der Waals surface area contributed by atoms with Crippen LogP contribution in [-0.2, 0) is 0 Å². The number of hydrogen-bond donors (Lipinski definition) is 1. The SMILES string of the molecule is Cc1cc2cc3nccc(Nc4ccn5ccnc5c4)c3cc2s1. The largest absolute Gasteiger partial charge is 0.355 e. The van der Waals surface area contributed by atoms with Crippen LogP contribution in [0.2, 0.25) is 0 Å². The van der Waals surface area contributed by atoms with Crippen molar-refractivity contribution in [2.24, 2.45) is 0 Å². The second kappa shape index (κ2) is 5.04. The van der Waals surface area contributed by atoms with Crippen LogP contribution in [0.5, 0.6) is 0 Å². The van der Waals surface area contributed by atoms with Gasteiger partial charge in [-0.1, -0.05) is 0 Å². The fourth-order valence-corrected chi connectivity index (χ4v) is 4.01. The summed E-state index contributed by atoms with van der Waals surface area (Å²) in [5.74, 6) is 0. The predicted octanol–water partition coefficient (Wildman–Crippen LogP) is 5.15. The molecule has 5 heteroatoms. The molecule has 0 spiro atoms. The van der Waals surface area contributed by atoms with Crippen molar-refractivity contribution in [1.82, 2.24) is 14.4 Å². The van der Waals surface area contributed by atoms with E-state index in [1.807, 2.05) is 46.5 Å². The van der Waals surface area contributed by atoms with Gasteiger partial charge in [0.25, 0.3) is 0 Å². The van der Waals surface area contributed by atoms with Crippen molar-refractivity contribution in [1.29, 1.82) is 0 Å². The van der Waals surface area contributed by atoms with Gasteiger partial charge in [0.2, 0.25) is 0 Å². The second-order valence-electron chi connectivity index (χ2n) is 5.86. The number of benzene rings is 1. The molecular formula is C19H14N4S. The summed E-state index contributed by atoms with van der Waals surface area (Å²) < 4.78 is 3.29. The fraction of sp³-hybridized carbons (Fsp3) is 0.0526. The number of fused-ring (bicyclic) bond motifs is 3. The zero-order valence-electron chi connectivity index (χ0n) is 13.0. The van der Waals surface area contributed by atoms with E-state index in [1.54, 1.807) is 6.20 Å². The molecule has 0 radical (unpaired) electrons. The molecule has 1 N–H and O–H groups in total. The van der Waals surface area contributed by atoms with Gasteiger partial charge in [-0.3, -0.25) is 4.98 Å². The van der Waals surface area contributed by atoms with E-state index in [0.717, 1.165) is 27.9 Å². The van der Waals surface area contributed by atoms with E-state index in [0.29, 0.717) is 0 Å². The minimum absolute atomic E-state index is 0.926. The van der Waals surface area contributed by atoms with Crippen LogP contribution >= 0.6 is 11.3 Å². The maximum Gasteiger partial charge on any atom is 0.138 e. The maximum absolute atomic E-state index is 4.53. The van der Waals surface area contributed by atoms with Gasteiger partial charge in [0, 0.05) is 57.2 Å². The normalized spacial score (nSPS) is 11.5. The highest BCUT2D eigenvalue weighted by molar-refractivity contribution is 7.19. The van der Waals surface area contributed by atoms with Crippen LogP contribution in [0.4, 0.5) is 11.4 Å². The summed E-state index contributed by atoms with van der Waals surface area (Å²) in [5, 5.41) is 5.90. The molecule has 116 valence electrons.